The lowest BCUT2D eigenvalue weighted by molar-refractivity contribution is -0.169. The molecular formula is C24H30Cl2N3O12P. The molecule has 1 aromatic carbocycles. The van der Waals surface area contributed by atoms with Crippen LogP contribution in [0.5, 0.6) is 11.5 Å². The molecule has 0 aliphatic carbocycles. The highest BCUT2D eigenvalue weighted by molar-refractivity contribution is 7.52. The first-order valence-corrected chi connectivity index (χ1v) is 15.3. The quantitative estimate of drug-likeness (QED) is 0.157. The fraction of sp³-hybridized carbons (Fsp3) is 0.542. The van der Waals surface area contributed by atoms with Gasteiger partial charge in [-0.3, -0.25) is 18.9 Å². The van der Waals surface area contributed by atoms with Crippen molar-refractivity contribution in [3.63, 3.8) is 0 Å². The molecule has 2 fully saturated rings. The van der Waals surface area contributed by atoms with E-state index in [0.717, 1.165) is 0 Å². The highest BCUT2D eigenvalue weighted by atomic mass is 35.5. The van der Waals surface area contributed by atoms with Gasteiger partial charge in [0.15, 0.2) is 30.2 Å². The molecule has 42 heavy (non-hydrogen) atoms. The number of methoxy groups -OCH3 is 1. The third-order valence-corrected chi connectivity index (χ3v) is 8.56. The second-order valence-electron chi connectivity index (χ2n) is 9.70. The summed E-state index contributed by atoms with van der Waals surface area (Å²) in [6.07, 6.45) is -2.48. The van der Waals surface area contributed by atoms with Crippen molar-refractivity contribution in [1.82, 2.24) is 9.55 Å². The van der Waals surface area contributed by atoms with Crippen molar-refractivity contribution < 1.29 is 48.0 Å². The number of oxime groups is 1. The number of hydrogen-bond acceptors (Lipinski definition) is 13. The molecule has 4 rings (SSSR count). The summed E-state index contributed by atoms with van der Waals surface area (Å²) in [5.41, 5.74) is -0.846. The summed E-state index contributed by atoms with van der Waals surface area (Å²) in [6, 6.07) is 1.34. The number of aromatic nitrogens is 2. The van der Waals surface area contributed by atoms with Crippen LogP contribution in [0.15, 0.2) is 27.0 Å². The molecular weight excluding hydrogens is 624 g/mol. The smallest absolute Gasteiger partial charge is 0.330 e. The van der Waals surface area contributed by atoms with Gasteiger partial charge in [0.05, 0.1) is 36.6 Å². The van der Waals surface area contributed by atoms with Crippen LogP contribution in [-0.4, -0.2) is 82.9 Å². The van der Waals surface area contributed by atoms with Gasteiger partial charge in [0.2, 0.25) is 0 Å². The lowest BCUT2D eigenvalue weighted by Gasteiger charge is -2.21. The first-order chi connectivity index (χ1) is 19.8. The zero-order valence-electron chi connectivity index (χ0n) is 22.6. The number of aliphatic hydroxyl groups is 2. The SMILES string of the molecule is COc1cc(Cl)c(/C=N/O[C@@H]2C[C@H](n3cc(C)c(=O)[nH]c3=O)O[C@@H]2COP(C)(=O)OC[C@@H]2C[C@H](O)O[C@@H]2O)c(Cl)c1O. The van der Waals surface area contributed by atoms with Crippen molar-refractivity contribution in [2.75, 3.05) is 27.0 Å². The molecule has 232 valence electrons. The molecule has 18 heteroatoms. The van der Waals surface area contributed by atoms with Crippen LogP contribution < -0.4 is 16.0 Å². The molecule has 0 saturated carbocycles. The lowest BCUT2D eigenvalue weighted by atomic mass is 10.1. The van der Waals surface area contributed by atoms with Crippen molar-refractivity contribution in [3.05, 3.63) is 54.3 Å². The van der Waals surface area contributed by atoms with E-state index in [1.165, 1.54) is 43.7 Å². The predicted octanol–water partition coefficient (Wildman–Crippen LogP) is 2.10. The number of ether oxygens (including phenoxy) is 3. The second kappa shape index (κ2) is 13.5. The van der Waals surface area contributed by atoms with Crippen LogP contribution in [0.4, 0.5) is 0 Å². The Morgan fingerprint density at radius 2 is 1.93 bits per heavy atom. The number of halogens is 2. The summed E-state index contributed by atoms with van der Waals surface area (Å²) in [5.74, 6) is -0.898. The molecule has 2 aliphatic heterocycles. The number of aliphatic hydroxyl groups excluding tert-OH is 2. The van der Waals surface area contributed by atoms with Crippen LogP contribution >= 0.6 is 30.8 Å². The van der Waals surface area contributed by atoms with E-state index in [-0.39, 0.29) is 58.7 Å². The molecule has 0 bridgehead atoms. The molecule has 2 aromatic rings. The normalized spacial score (nSPS) is 27.4. The molecule has 0 radical (unpaired) electrons. The maximum absolute atomic E-state index is 13.0. The van der Waals surface area contributed by atoms with Gasteiger partial charge in [0, 0.05) is 48.8 Å². The minimum atomic E-state index is -3.70. The Hall–Kier alpha value is -2.46. The maximum Gasteiger partial charge on any atom is 0.330 e. The van der Waals surface area contributed by atoms with E-state index in [2.05, 4.69) is 10.1 Å². The van der Waals surface area contributed by atoms with Gasteiger partial charge < -0.3 is 43.4 Å². The number of aromatic amines is 1. The molecule has 1 unspecified atom stereocenters. The average molecular weight is 654 g/mol. The maximum atomic E-state index is 13.0. The zero-order chi connectivity index (χ0) is 30.8. The number of nitrogens with zero attached hydrogens (tertiary/aromatic N) is 2. The number of H-pyrrole nitrogens is 1. The summed E-state index contributed by atoms with van der Waals surface area (Å²) >= 11 is 12.4. The molecule has 4 N–H and O–H groups in total. The Bertz CT molecular complexity index is 1480. The molecule has 1 aromatic heterocycles. The van der Waals surface area contributed by atoms with E-state index in [0.29, 0.717) is 0 Å². The van der Waals surface area contributed by atoms with E-state index >= 15 is 0 Å². The molecule has 7 atom stereocenters. The molecule has 0 spiro atoms. The van der Waals surface area contributed by atoms with Crippen molar-refractivity contribution in [3.8, 4) is 11.5 Å². The Kier molecular flexibility index (Phi) is 10.4. The Morgan fingerprint density at radius 3 is 2.60 bits per heavy atom. The lowest BCUT2D eigenvalue weighted by Crippen LogP contribution is -2.33. The largest absolute Gasteiger partial charge is 0.503 e. The van der Waals surface area contributed by atoms with Crippen LogP contribution in [0.2, 0.25) is 10.0 Å². The van der Waals surface area contributed by atoms with Gasteiger partial charge in [-0.2, -0.15) is 0 Å². The highest BCUT2D eigenvalue weighted by Gasteiger charge is 2.41. The van der Waals surface area contributed by atoms with Crippen molar-refractivity contribution in [2.24, 2.45) is 11.1 Å². The van der Waals surface area contributed by atoms with Gasteiger partial charge in [0.25, 0.3) is 5.56 Å². The molecule has 3 heterocycles. The van der Waals surface area contributed by atoms with E-state index in [4.69, 9.17) is 51.3 Å². The Labute approximate surface area is 249 Å². The van der Waals surface area contributed by atoms with Crippen molar-refractivity contribution in [1.29, 1.82) is 0 Å². The van der Waals surface area contributed by atoms with E-state index in [1.54, 1.807) is 0 Å². The number of aryl methyl sites for hydroxylation is 1. The van der Waals surface area contributed by atoms with Crippen LogP contribution in [-0.2, 0) is 27.9 Å². The van der Waals surface area contributed by atoms with Crippen LogP contribution in [0.3, 0.4) is 0 Å². The third kappa shape index (κ3) is 7.54. The summed E-state index contributed by atoms with van der Waals surface area (Å²) in [4.78, 5) is 32.2. The molecule has 15 nitrogen and oxygen atoms in total. The van der Waals surface area contributed by atoms with Gasteiger partial charge in [-0.05, 0) is 6.92 Å². The Morgan fingerprint density at radius 1 is 1.21 bits per heavy atom. The number of benzene rings is 1. The minimum absolute atomic E-state index is 0.0600. The van der Waals surface area contributed by atoms with Crippen LogP contribution in [0.1, 0.15) is 30.2 Å². The zero-order valence-corrected chi connectivity index (χ0v) is 25.0. The number of phenolic OH excluding ortho intramolecular Hbond substituents is 1. The summed E-state index contributed by atoms with van der Waals surface area (Å²) in [6.45, 7) is 2.23. The Balaban J connectivity index is 1.49. The second-order valence-corrected chi connectivity index (χ2v) is 12.5. The van der Waals surface area contributed by atoms with Gasteiger partial charge in [-0.25, -0.2) is 4.79 Å². The summed E-state index contributed by atoms with van der Waals surface area (Å²) in [5, 5.41) is 33.4. The fourth-order valence-electron chi connectivity index (χ4n) is 4.30. The van der Waals surface area contributed by atoms with E-state index in [9.17, 15) is 29.5 Å². The van der Waals surface area contributed by atoms with Crippen LogP contribution in [0, 0.1) is 12.8 Å². The number of rotatable bonds is 11. The number of phenols is 1. The summed E-state index contributed by atoms with van der Waals surface area (Å²) in [7, 11) is -2.36. The number of nitrogens with one attached hydrogen (secondary N) is 1. The van der Waals surface area contributed by atoms with Gasteiger partial charge in [-0.1, -0.05) is 28.4 Å². The first kappa shape index (κ1) is 32.5. The predicted molar refractivity (Wildman–Crippen MR) is 148 cm³/mol. The third-order valence-electron chi connectivity index (χ3n) is 6.63. The molecule has 0 amide bonds. The minimum Gasteiger partial charge on any atom is -0.503 e. The number of aromatic hydroxyl groups is 1. The fourth-order valence-corrected chi connectivity index (χ4v) is 5.79. The topological polar surface area (TPSA) is 200 Å². The molecule has 2 saturated heterocycles. The van der Waals surface area contributed by atoms with Crippen molar-refractivity contribution >= 4 is 37.0 Å². The van der Waals surface area contributed by atoms with Gasteiger partial charge in [0.1, 0.15) is 12.3 Å². The number of hydrogen-bond donors (Lipinski definition) is 4. The monoisotopic (exact) mass is 653 g/mol. The highest BCUT2D eigenvalue weighted by Crippen LogP contribution is 2.46. The van der Waals surface area contributed by atoms with Crippen molar-refractivity contribution in [2.45, 2.75) is 50.8 Å². The van der Waals surface area contributed by atoms with E-state index < -0.39 is 55.8 Å². The summed E-state index contributed by atoms with van der Waals surface area (Å²) < 4.78 is 40.9. The molecule has 2 aliphatic rings. The van der Waals surface area contributed by atoms with Crippen LogP contribution in [0.25, 0.3) is 0 Å². The standard InChI is InChI=1S/C24H30Cl2N3O12P/c1-11-8-29(24(34)28-22(11)32)18-6-15(41-27-7-13-14(25)5-16(36-2)21(31)20(13)26)17(39-18)10-38-42(3,35)37-9-12-4-19(30)40-23(12)33/h5,7-8,12,15,17-19,23,30-31,33H,4,6,9-10H2,1-3H3,(H,28,32,34)/b27-7+/t12-,15+,17+,18+,19+,23-,42?/m0/s1. The first-order valence-electron chi connectivity index (χ1n) is 12.6. The average Bonchev–Trinajstić information content (AvgIpc) is 3.49. The van der Waals surface area contributed by atoms with Gasteiger partial charge >= 0.3 is 13.3 Å². The van der Waals surface area contributed by atoms with Gasteiger partial charge in [-0.15, -0.1) is 0 Å². The van der Waals surface area contributed by atoms with E-state index in [1.807, 2.05) is 0 Å².